The maximum absolute atomic E-state index is 13.4. The Balaban J connectivity index is 1.82. The number of hydrogen-bond donors (Lipinski definition) is 5. The number of carbonyl (C=O) groups is 4. The smallest absolute Gasteiger partial charge is 0.338 e. The van der Waals surface area contributed by atoms with E-state index < -0.39 is 63.7 Å². The van der Waals surface area contributed by atoms with Crippen LogP contribution in [0, 0.1) is 11.8 Å². The number of amides is 1. The number of unbranched alkanes of at least 4 members (excludes halogenated alkanes) is 1. The zero-order valence-electron chi connectivity index (χ0n) is 18.5. The number of aromatic hydroxyl groups is 1. The van der Waals surface area contributed by atoms with Crippen LogP contribution in [0.25, 0.3) is 0 Å². The van der Waals surface area contributed by atoms with Crippen molar-refractivity contribution < 1.29 is 44.3 Å². The Bertz CT molecular complexity index is 1200. The second-order valence-corrected chi connectivity index (χ2v) is 8.89. The van der Waals surface area contributed by atoms with Crippen molar-refractivity contribution in [3.8, 4) is 5.75 Å². The number of primary amides is 1. The Labute approximate surface area is 194 Å². The molecular weight excluding hydrogens is 446 g/mol. The Morgan fingerprint density at radius 3 is 2.53 bits per heavy atom. The van der Waals surface area contributed by atoms with Crippen LogP contribution in [0.3, 0.4) is 0 Å². The van der Waals surface area contributed by atoms with Gasteiger partial charge in [-0.05, 0) is 42.9 Å². The van der Waals surface area contributed by atoms with E-state index in [2.05, 4.69) is 0 Å². The molecule has 0 spiro atoms. The van der Waals surface area contributed by atoms with Gasteiger partial charge in [0.05, 0.1) is 17.7 Å². The molecule has 0 bridgehead atoms. The van der Waals surface area contributed by atoms with Crippen molar-refractivity contribution in [1.29, 1.82) is 0 Å². The number of carbonyl (C=O) groups excluding carboxylic acids is 4. The first-order chi connectivity index (χ1) is 16.0. The molecule has 1 amide bonds. The number of aliphatic hydroxyl groups is 3. The fraction of sp³-hybridized carbons (Fsp3) is 0.417. The number of fused-ring (bicyclic) bond motifs is 3. The second-order valence-electron chi connectivity index (χ2n) is 8.89. The summed E-state index contributed by atoms with van der Waals surface area (Å²) in [6.07, 6.45) is 1.19. The molecule has 6 N–H and O–H groups in total. The summed E-state index contributed by atoms with van der Waals surface area (Å²) in [6, 6.07) is 2.53. The standard InChI is InChI=1S/C24H25NO9/c1-2-3-6-34-23(32)12-4-5-14(26)17-13(12)8-10-7-11-9-15(27)18(22(25)31)21(30)24(11,33)20(29)16(10)19(17)28/h4-5,10-11,26-27,29,33H,2-3,6-9H2,1H3,(H2,25,31)/t10-,11+,24?/m1/s1. The number of benzene rings is 1. The predicted octanol–water partition coefficient (Wildman–Crippen LogP) is 1.54. The molecule has 0 fully saturated rings. The summed E-state index contributed by atoms with van der Waals surface area (Å²) in [7, 11) is 0. The number of hydrogen-bond acceptors (Lipinski definition) is 9. The third-order valence-electron chi connectivity index (χ3n) is 6.90. The summed E-state index contributed by atoms with van der Waals surface area (Å²) in [6.45, 7) is 2.13. The highest BCUT2D eigenvalue weighted by Crippen LogP contribution is 2.51. The Morgan fingerprint density at radius 2 is 1.88 bits per heavy atom. The van der Waals surface area contributed by atoms with E-state index in [9.17, 15) is 39.6 Å². The van der Waals surface area contributed by atoms with Gasteiger partial charge in [0.1, 0.15) is 22.8 Å². The molecule has 34 heavy (non-hydrogen) atoms. The quantitative estimate of drug-likeness (QED) is 0.241. The van der Waals surface area contributed by atoms with Crippen LogP contribution in [0.5, 0.6) is 5.75 Å². The zero-order valence-corrected chi connectivity index (χ0v) is 18.5. The van der Waals surface area contributed by atoms with Gasteiger partial charge in [-0.15, -0.1) is 0 Å². The second kappa shape index (κ2) is 8.28. The minimum atomic E-state index is -2.62. The zero-order chi connectivity index (χ0) is 24.9. The van der Waals surface area contributed by atoms with Crippen LogP contribution in [-0.2, 0) is 20.7 Å². The molecule has 4 rings (SSSR count). The molecular formula is C24H25NO9. The number of aliphatic hydroxyl groups excluding tert-OH is 2. The molecule has 180 valence electrons. The van der Waals surface area contributed by atoms with Crippen LogP contribution >= 0.6 is 0 Å². The molecule has 1 aromatic rings. The normalized spacial score (nSPS) is 26.1. The van der Waals surface area contributed by atoms with Crippen LogP contribution in [0.4, 0.5) is 0 Å². The third kappa shape index (κ3) is 3.28. The van der Waals surface area contributed by atoms with Crippen LogP contribution in [0.15, 0.2) is 34.8 Å². The van der Waals surface area contributed by atoms with Gasteiger partial charge in [0.25, 0.3) is 5.91 Å². The average molecular weight is 471 g/mol. The monoisotopic (exact) mass is 471 g/mol. The molecule has 3 aliphatic carbocycles. The fourth-order valence-electron chi connectivity index (χ4n) is 5.20. The summed E-state index contributed by atoms with van der Waals surface area (Å²) in [5.41, 5.74) is 1.58. The van der Waals surface area contributed by atoms with Gasteiger partial charge < -0.3 is 30.9 Å². The van der Waals surface area contributed by atoms with E-state index >= 15 is 0 Å². The lowest BCUT2D eigenvalue weighted by molar-refractivity contribution is -0.144. The highest BCUT2D eigenvalue weighted by Gasteiger charge is 2.59. The van der Waals surface area contributed by atoms with Gasteiger partial charge in [0.15, 0.2) is 11.4 Å². The van der Waals surface area contributed by atoms with Gasteiger partial charge in [-0.25, -0.2) is 4.79 Å². The molecule has 0 saturated carbocycles. The first-order valence-corrected chi connectivity index (χ1v) is 11.0. The Morgan fingerprint density at radius 1 is 1.18 bits per heavy atom. The molecule has 3 atom stereocenters. The molecule has 0 aliphatic heterocycles. The van der Waals surface area contributed by atoms with E-state index in [-0.39, 0.29) is 48.1 Å². The number of allylic oxidation sites excluding steroid dienone is 2. The summed E-state index contributed by atoms with van der Waals surface area (Å²) >= 11 is 0. The molecule has 1 aromatic carbocycles. The van der Waals surface area contributed by atoms with Crippen molar-refractivity contribution >= 4 is 23.4 Å². The lowest BCUT2D eigenvalue weighted by atomic mass is 9.60. The summed E-state index contributed by atoms with van der Waals surface area (Å²) in [4.78, 5) is 50.7. The fourth-order valence-corrected chi connectivity index (χ4v) is 5.20. The van der Waals surface area contributed by atoms with Gasteiger partial charge in [-0.3, -0.25) is 14.4 Å². The molecule has 10 nitrogen and oxygen atoms in total. The lowest BCUT2D eigenvalue weighted by Gasteiger charge is -2.45. The number of Topliss-reactive ketones (excluding diaryl/α,β-unsaturated/α-hetero) is 2. The van der Waals surface area contributed by atoms with Crippen LogP contribution in [0.1, 0.15) is 58.9 Å². The van der Waals surface area contributed by atoms with E-state index in [4.69, 9.17) is 10.5 Å². The number of nitrogens with two attached hydrogens (primary N) is 1. The molecule has 0 heterocycles. The summed E-state index contributed by atoms with van der Waals surface area (Å²) < 4.78 is 5.27. The average Bonchev–Trinajstić information content (AvgIpc) is 2.76. The van der Waals surface area contributed by atoms with Crippen LogP contribution in [-0.4, -0.2) is 56.1 Å². The largest absolute Gasteiger partial charge is 0.511 e. The first-order valence-electron chi connectivity index (χ1n) is 11.0. The van der Waals surface area contributed by atoms with Crippen molar-refractivity contribution in [3.05, 3.63) is 51.5 Å². The van der Waals surface area contributed by atoms with E-state index in [1.807, 2.05) is 6.92 Å². The van der Waals surface area contributed by atoms with Crippen molar-refractivity contribution in [2.24, 2.45) is 17.6 Å². The van der Waals surface area contributed by atoms with E-state index in [0.717, 1.165) is 6.42 Å². The lowest BCUT2D eigenvalue weighted by Crippen LogP contribution is -2.57. The van der Waals surface area contributed by atoms with Crippen molar-refractivity contribution in [1.82, 2.24) is 0 Å². The van der Waals surface area contributed by atoms with Gasteiger partial charge in [0.2, 0.25) is 5.78 Å². The van der Waals surface area contributed by atoms with Crippen LogP contribution in [0.2, 0.25) is 0 Å². The number of ketones is 2. The van der Waals surface area contributed by atoms with Gasteiger partial charge in [-0.1, -0.05) is 13.3 Å². The number of phenols is 1. The number of ether oxygens (including phenoxy) is 1. The maximum Gasteiger partial charge on any atom is 0.338 e. The summed E-state index contributed by atoms with van der Waals surface area (Å²) in [5, 5.41) is 42.8. The Hall–Kier alpha value is -3.66. The molecule has 1 unspecified atom stereocenters. The highest BCUT2D eigenvalue weighted by atomic mass is 16.5. The molecule has 3 aliphatic rings. The molecule has 0 saturated heterocycles. The third-order valence-corrected chi connectivity index (χ3v) is 6.90. The molecule has 0 radical (unpaired) electrons. The van der Waals surface area contributed by atoms with E-state index in [0.29, 0.717) is 6.42 Å². The van der Waals surface area contributed by atoms with E-state index in [1.165, 1.54) is 12.1 Å². The Kier molecular flexibility index (Phi) is 5.72. The van der Waals surface area contributed by atoms with E-state index in [1.54, 1.807) is 0 Å². The van der Waals surface area contributed by atoms with Gasteiger partial charge in [-0.2, -0.15) is 0 Å². The maximum atomic E-state index is 13.4. The first kappa shape index (κ1) is 23.5. The highest BCUT2D eigenvalue weighted by molar-refractivity contribution is 6.24. The van der Waals surface area contributed by atoms with Crippen molar-refractivity contribution in [2.75, 3.05) is 6.61 Å². The number of esters is 1. The topological polar surface area (TPSA) is 184 Å². The minimum Gasteiger partial charge on any atom is -0.511 e. The SMILES string of the molecule is CCCCOC(=O)c1ccc(O)c2c1C[C@H]1C[C@H]3CC(O)=C(C(N)=O)C(=O)C3(O)C(O)=C1C2=O. The van der Waals surface area contributed by atoms with Crippen molar-refractivity contribution in [2.45, 2.75) is 44.6 Å². The van der Waals surface area contributed by atoms with Gasteiger partial charge in [0, 0.05) is 17.9 Å². The minimum absolute atomic E-state index is 0.0110. The number of phenolic OH excluding ortho intramolecular Hbond substituents is 1. The predicted molar refractivity (Wildman–Crippen MR) is 116 cm³/mol. The van der Waals surface area contributed by atoms with Crippen LogP contribution < -0.4 is 5.73 Å². The molecule has 0 aromatic heterocycles. The molecule has 10 heteroatoms. The van der Waals surface area contributed by atoms with Crippen molar-refractivity contribution in [3.63, 3.8) is 0 Å². The summed E-state index contributed by atoms with van der Waals surface area (Å²) in [5.74, 6) is -7.76. The number of rotatable bonds is 5. The van der Waals surface area contributed by atoms with Gasteiger partial charge >= 0.3 is 5.97 Å².